The summed E-state index contributed by atoms with van der Waals surface area (Å²) >= 11 is 0. The molecule has 2 heterocycles. The number of hydrogen-bond acceptors (Lipinski definition) is 6. The van der Waals surface area contributed by atoms with Gasteiger partial charge < -0.3 is 24.7 Å². The second-order valence-corrected chi connectivity index (χ2v) is 7.82. The van der Waals surface area contributed by atoms with Gasteiger partial charge in [0.1, 0.15) is 12.2 Å². The van der Waals surface area contributed by atoms with Crippen LogP contribution >= 0.6 is 24.0 Å². The lowest BCUT2D eigenvalue weighted by Gasteiger charge is -2.27. The van der Waals surface area contributed by atoms with Crippen molar-refractivity contribution in [3.8, 4) is 0 Å². The molecule has 0 aliphatic carbocycles. The second kappa shape index (κ2) is 16.0. The SMILES string of the molecule is CCc1nncn1CCNC(=NCc1ccccc1CN1CCOCC1)NCCCOC.I. The zero-order chi connectivity index (χ0) is 22.4. The molecule has 1 saturated heterocycles. The Morgan fingerprint density at radius 2 is 1.91 bits per heavy atom. The Labute approximate surface area is 214 Å². The van der Waals surface area contributed by atoms with Crippen molar-refractivity contribution in [2.24, 2.45) is 4.99 Å². The number of morpholine rings is 1. The average molecular weight is 572 g/mol. The third kappa shape index (κ3) is 9.55. The molecule has 0 spiro atoms. The molecule has 0 atom stereocenters. The average Bonchev–Trinajstić information content (AvgIpc) is 3.29. The van der Waals surface area contributed by atoms with Gasteiger partial charge in [-0.15, -0.1) is 34.2 Å². The van der Waals surface area contributed by atoms with E-state index in [1.165, 1.54) is 11.1 Å². The number of ether oxygens (including phenoxy) is 2. The van der Waals surface area contributed by atoms with Gasteiger partial charge in [0.2, 0.25) is 0 Å². The Bertz CT molecular complexity index is 825. The maximum atomic E-state index is 5.48. The first-order chi connectivity index (χ1) is 15.8. The van der Waals surface area contributed by atoms with Crippen LogP contribution in [0.3, 0.4) is 0 Å². The van der Waals surface area contributed by atoms with Crippen molar-refractivity contribution < 1.29 is 9.47 Å². The number of rotatable bonds is 12. The van der Waals surface area contributed by atoms with Crippen molar-refractivity contribution in [3.63, 3.8) is 0 Å². The standard InChI is InChI=1S/C23H37N7O2.HI/c1-3-22-28-27-19-30(22)11-10-25-23(24-9-6-14-31-2)26-17-20-7-4-5-8-21(20)18-29-12-15-32-16-13-29;/h4-5,7-8,19H,3,6,9-18H2,1-2H3,(H2,24,25,26);1H. The fourth-order valence-electron chi connectivity index (χ4n) is 3.66. The van der Waals surface area contributed by atoms with Crippen molar-refractivity contribution in [3.05, 3.63) is 47.5 Å². The number of aryl methyl sites for hydroxylation is 1. The van der Waals surface area contributed by atoms with Gasteiger partial charge in [0.05, 0.1) is 19.8 Å². The Balaban J connectivity index is 0.00000385. The van der Waals surface area contributed by atoms with E-state index >= 15 is 0 Å². The van der Waals surface area contributed by atoms with Crippen molar-refractivity contribution >= 4 is 29.9 Å². The molecular weight excluding hydrogens is 533 g/mol. The highest BCUT2D eigenvalue weighted by molar-refractivity contribution is 14.0. The van der Waals surface area contributed by atoms with E-state index in [2.05, 4.69) is 61.5 Å². The summed E-state index contributed by atoms with van der Waals surface area (Å²) in [7, 11) is 1.73. The van der Waals surface area contributed by atoms with Crippen LogP contribution in [0.4, 0.5) is 0 Å². The smallest absolute Gasteiger partial charge is 0.191 e. The first-order valence-corrected chi connectivity index (χ1v) is 11.5. The molecule has 0 unspecified atom stereocenters. The monoisotopic (exact) mass is 571 g/mol. The predicted molar refractivity (Wildman–Crippen MR) is 141 cm³/mol. The topological polar surface area (TPSA) is 88.8 Å². The molecule has 2 N–H and O–H groups in total. The molecular formula is C23H38IN7O2. The van der Waals surface area contributed by atoms with Crippen LogP contribution in [-0.4, -0.2) is 78.7 Å². The van der Waals surface area contributed by atoms with E-state index in [0.717, 1.165) is 83.7 Å². The Morgan fingerprint density at radius 3 is 2.67 bits per heavy atom. The molecule has 33 heavy (non-hydrogen) atoms. The number of guanidine groups is 1. The van der Waals surface area contributed by atoms with Gasteiger partial charge in [-0.25, -0.2) is 4.99 Å². The van der Waals surface area contributed by atoms with E-state index in [1.54, 1.807) is 13.4 Å². The van der Waals surface area contributed by atoms with Gasteiger partial charge in [0, 0.05) is 59.4 Å². The summed E-state index contributed by atoms with van der Waals surface area (Å²) in [5.74, 6) is 1.81. The minimum Gasteiger partial charge on any atom is -0.385 e. The van der Waals surface area contributed by atoms with E-state index in [4.69, 9.17) is 14.5 Å². The molecule has 3 rings (SSSR count). The van der Waals surface area contributed by atoms with Gasteiger partial charge in [-0.2, -0.15) is 0 Å². The molecule has 1 aromatic heterocycles. The molecule has 10 heteroatoms. The lowest BCUT2D eigenvalue weighted by molar-refractivity contribution is 0.0341. The first-order valence-electron chi connectivity index (χ1n) is 11.5. The summed E-state index contributed by atoms with van der Waals surface area (Å²) in [6.07, 6.45) is 3.58. The lowest BCUT2D eigenvalue weighted by atomic mass is 10.1. The number of aliphatic imine (C=N–C) groups is 1. The van der Waals surface area contributed by atoms with Gasteiger partial charge in [0.15, 0.2) is 5.96 Å². The quantitative estimate of drug-likeness (QED) is 0.175. The van der Waals surface area contributed by atoms with E-state index in [1.807, 2.05) is 0 Å². The molecule has 0 bridgehead atoms. The largest absolute Gasteiger partial charge is 0.385 e. The van der Waals surface area contributed by atoms with Crippen LogP contribution in [0.5, 0.6) is 0 Å². The minimum absolute atomic E-state index is 0. The summed E-state index contributed by atoms with van der Waals surface area (Å²) in [6, 6.07) is 8.57. The van der Waals surface area contributed by atoms with E-state index in [9.17, 15) is 0 Å². The molecule has 9 nitrogen and oxygen atoms in total. The lowest BCUT2D eigenvalue weighted by Crippen LogP contribution is -2.39. The van der Waals surface area contributed by atoms with Crippen molar-refractivity contribution in [1.29, 1.82) is 0 Å². The van der Waals surface area contributed by atoms with Crippen molar-refractivity contribution in [2.45, 2.75) is 39.4 Å². The van der Waals surface area contributed by atoms with Crippen molar-refractivity contribution in [2.75, 3.05) is 53.1 Å². The fraction of sp³-hybridized carbons (Fsp3) is 0.609. The summed E-state index contributed by atoms with van der Waals surface area (Å²) in [5.41, 5.74) is 2.58. The van der Waals surface area contributed by atoms with Crippen LogP contribution in [0.15, 0.2) is 35.6 Å². The normalized spacial score (nSPS) is 14.7. The maximum Gasteiger partial charge on any atom is 0.191 e. The van der Waals surface area contributed by atoms with E-state index in [0.29, 0.717) is 6.54 Å². The Kier molecular flexibility index (Phi) is 13.3. The van der Waals surface area contributed by atoms with E-state index < -0.39 is 0 Å². The number of nitrogens with zero attached hydrogens (tertiary/aromatic N) is 5. The molecule has 1 aliphatic rings. The number of nitrogens with one attached hydrogen (secondary N) is 2. The Hall–Kier alpha value is -1.76. The predicted octanol–water partition coefficient (Wildman–Crippen LogP) is 2.06. The van der Waals surface area contributed by atoms with Gasteiger partial charge >= 0.3 is 0 Å². The highest BCUT2D eigenvalue weighted by atomic mass is 127. The maximum absolute atomic E-state index is 5.48. The fourth-order valence-corrected chi connectivity index (χ4v) is 3.66. The molecule has 0 saturated carbocycles. The van der Waals surface area contributed by atoms with Gasteiger partial charge in [0.25, 0.3) is 0 Å². The van der Waals surface area contributed by atoms with Crippen molar-refractivity contribution in [1.82, 2.24) is 30.3 Å². The van der Waals surface area contributed by atoms with Gasteiger partial charge in [-0.3, -0.25) is 4.90 Å². The van der Waals surface area contributed by atoms with Crippen LogP contribution in [0, 0.1) is 0 Å². The van der Waals surface area contributed by atoms with E-state index in [-0.39, 0.29) is 24.0 Å². The van der Waals surface area contributed by atoms with Gasteiger partial charge in [-0.1, -0.05) is 31.2 Å². The summed E-state index contributed by atoms with van der Waals surface area (Å²) in [6.45, 7) is 10.3. The first kappa shape index (κ1) is 27.5. The number of halogens is 1. The molecule has 1 aliphatic heterocycles. The minimum atomic E-state index is 0. The second-order valence-electron chi connectivity index (χ2n) is 7.82. The molecule has 1 fully saturated rings. The number of benzene rings is 1. The molecule has 1 aromatic carbocycles. The van der Waals surface area contributed by atoms with Crippen LogP contribution < -0.4 is 10.6 Å². The van der Waals surface area contributed by atoms with Crippen LogP contribution in [-0.2, 0) is 35.5 Å². The zero-order valence-electron chi connectivity index (χ0n) is 19.8. The highest BCUT2D eigenvalue weighted by Crippen LogP contribution is 2.14. The third-order valence-electron chi connectivity index (χ3n) is 5.50. The highest BCUT2D eigenvalue weighted by Gasteiger charge is 2.12. The molecule has 2 aromatic rings. The summed E-state index contributed by atoms with van der Waals surface area (Å²) < 4.78 is 12.7. The molecule has 184 valence electrons. The molecule has 0 amide bonds. The molecule has 0 radical (unpaired) electrons. The van der Waals surface area contributed by atoms with Crippen LogP contribution in [0.1, 0.15) is 30.3 Å². The number of aromatic nitrogens is 3. The zero-order valence-corrected chi connectivity index (χ0v) is 22.2. The third-order valence-corrected chi connectivity index (χ3v) is 5.50. The van der Waals surface area contributed by atoms with Gasteiger partial charge in [-0.05, 0) is 17.5 Å². The number of hydrogen-bond donors (Lipinski definition) is 2. The summed E-state index contributed by atoms with van der Waals surface area (Å²) in [4.78, 5) is 7.32. The van der Waals surface area contributed by atoms with Crippen LogP contribution in [0.25, 0.3) is 0 Å². The number of methoxy groups -OCH3 is 1. The summed E-state index contributed by atoms with van der Waals surface area (Å²) in [5, 5.41) is 15.0. The Morgan fingerprint density at radius 1 is 1.15 bits per heavy atom. The van der Waals surface area contributed by atoms with Crippen LogP contribution in [0.2, 0.25) is 0 Å².